The van der Waals surface area contributed by atoms with Crippen molar-refractivity contribution in [2.24, 2.45) is 0 Å². The summed E-state index contributed by atoms with van der Waals surface area (Å²) >= 11 is 0. The Morgan fingerprint density at radius 2 is 1.80 bits per heavy atom. The second kappa shape index (κ2) is 10.2. The van der Waals surface area contributed by atoms with Crippen LogP contribution in [-0.2, 0) is 16.1 Å². The Hall–Kier alpha value is -3.92. The number of amides is 1. The molecule has 0 spiro atoms. The molecule has 3 aliphatic heterocycles. The number of aromatic nitrogens is 3. The molecule has 0 radical (unpaired) electrons. The normalized spacial score (nSPS) is 21.5. The average Bonchev–Trinajstić information content (AvgIpc) is 2.94. The average molecular weight is 546 g/mol. The third-order valence-electron chi connectivity index (χ3n) is 7.79. The summed E-state index contributed by atoms with van der Waals surface area (Å²) in [6.45, 7) is 7.16. The zero-order chi connectivity index (χ0) is 28.0. The van der Waals surface area contributed by atoms with Crippen molar-refractivity contribution in [1.82, 2.24) is 20.1 Å². The van der Waals surface area contributed by atoms with Gasteiger partial charge in [-0.2, -0.15) is 10.1 Å². The number of carbonyl (C=O) groups excluding carboxylic acids is 1. The summed E-state index contributed by atoms with van der Waals surface area (Å²) in [6, 6.07) is 12.5. The first-order valence-electron chi connectivity index (χ1n) is 13.7. The summed E-state index contributed by atoms with van der Waals surface area (Å²) in [6.07, 6.45) is 3.04. The largest absolute Gasteiger partial charge is 0.480 e. The van der Waals surface area contributed by atoms with Crippen molar-refractivity contribution in [3.05, 3.63) is 48.2 Å². The van der Waals surface area contributed by atoms with Crippen molar-refractivity contribution < 1.29 is 23.7 Å². The highest BCUT2D eigenvalue weighted by Crippen LogP contribution is 2.40. The predicted octanol–water partition coefficient (Wildman–Crippen LogP) is 4.71. The van der Waals surface area contributed by atoms with Crippen molar-refractivity contribution >= 4 is 11.9 Å². The topological polar surface area (TPSA) is 99.1 Å². The first-order valence-corrected chi connectivity index (χ1v) is 13.7. The summed E-state index contributed by atoms with van der Waals surface area (Å²) in [5.41, 5.74) is 4.60. The molecule has 10 heteroatoms. The van der Waals surface area contributed by atoms with Crippen molar-refractivity contribution in [3.63, 3.8) is 0 Å². The number of benzene rings is 1. The summed E-state index contributed by atoms with van der Waals surface area (Å²) in [4.78, 5) is 22.0. The number of rotatable bonds is 4. The monoisotopic (exact) mass is 545 g/mol. The van der Waals surface area contributed by atoms with Gasteiger partial charge in [-0.3, -0.25) is 4.90 Å². The Balaban J connectivity index is 1.20. The van der Waals surface area contributed by atoms with Gasteiger partial charge in [-0.05, 0) is 68.5 Å². The van der Waals surface area contributed by atoms with Gasteiger partial charge in [0.15, 0.2) is 0 Å². The second-order valence-corrected chi connectivity index (χ2v) is 11.6. The maximum atomic E-state index is 13.0. The fourth-order valence-corrected chi connectivity index (χ4v) is 5.85. The van der Waals surface area contributed by atoms with E-state index in [9.17, 15) is 4.79 Å². The Bertz CT molecular complexity index is 1410. The van der Waals surface area contributed by atoms with Crippen molar-refractivity contribution in [2.75, 3.05) is 32.3 Å². The van der Waals surface area contributed by atoms with E-state index in [1.807, 2.05) is 31.7 Å². The van der Waals surface area contributed by atoms with Gasteiger partial charge in [0.2, 0.25) is 11.8 Å². The molecule has 2 atom stereocenters. The molecule has 6 rings (SSSR count). The number of pyridine rings is 1. The van der Waals surface area contributed by atoms with Gasteiger partial charge in [0, 0.05) is 30.3 Å². The zero-order valence-electron chi connectivity index (χ0n) is 23.6. The molecule has 0 unspecified atom stereocenters. The summed E-state index contributed by atoms with van der Waals surface area (Å²) in [5.74, 6) is 1.96. The van der Waals surface area contributed by atoms with Gasteiger partial charge >= 0.3 is 6.09 Å². The number of piperidine rings is 1. The fourth-order valence-electron chi connectivity index (χ4n) is 5.85. The number of ether oxygens (including phenoxy) is 4. The Labute approximate surface area is 234 Å². The lowest BCUT2D eigenvalue weighted by atomic mass is 9.89. The molecule has 2 bridgehead atoms. The van der Waals surface area contributed by atoms with Crippen LogP contribution in [0.15, 0.2) is 42.6 Å². The Morgan fingerprint density at radius 3 is 2.52 bits per heavy atom. The van der Waals surface area contributed by atoms with E-state index in [0.29, 0.717) is 31.6 Å². The predicted molar refractivity (Wildman–Crippen MR) is 149 cm³/mol. The van der Waals surface area contributed by atoms with Crippen LogP contribution in [0.4, 0.5) is 10.6 Å². The van der Waals surface area contributed by atoms with Crippen LogP contribution < -0.4 is 14.4 Å². The van der Waals surface area contributed by atoms with E-state index in [-0.39, 0.29) is 24.2 Å². The molecule has 0 saturated carbocycles. The highest BCUT2D eigenvalue weighted by atomic mass is 16.6. The molecule has 40 heavy (non-hydrogen) atoms. The van der Waals surface area contributed by atoms with Gasteiger partial charge in [-0.15, -0.1) is 5.10 Å². The van der Waals surface area contributed by atoms with Gasteiger partial charge in [-0.25, -0.2) is 4.79 Å². The lowest BCUT2D eigenvalue weighted by Gasteiger charge is -2.50. The van der Waals surface area contributed by atoms with Crippen LogP contribution >= 0.6 is 0 Å². The van der Waals surface area contributed by atoms with E-state index in [2.05, 4.69) is 52.5 Å². The molecule has 0 aliphatic carbocycles. The second-order valence-electron chi connectivity index (χ2n) is 11.6. The third-order valence-corrected chi connectivity index (χ3v) is 7.79. The van der Waals surface area contributed by atoms with Gasteiger partial charge in [0.1, 0.15) is 18.0 Å². The first-order chi connectivity index (χ1) is 19.2. The molecule has 2 fully saturated rings. The number of anilines is 1. The van der Waals surface area contributed by atoms with E-state index < -0.39 is 5.60 Å². The number of carbonyl (C=O) groups is 1. The SMILES string of the molecule is COc1cc(-c2ccc3c(c2)COc2nc(N(C)C4C[C@H]5COC[C@H](C4)N5C(=O)OC(C)(C)C)ccc2-3)cnn1. The van der Waals surface area contributed by atoms with Gasteiger partial charge in [0.05, 0.1) is 38.6 Å². The molecule has 3 aliphatic rings. The lowest BCUT2D eigenvalue weighted by molar-refractivity contribution is -0.0820. The molecular weight excluding hydrogens is 510 g/mol. The van der Waals surface area contributed by atoms with E-state index >= 15 is 0 Å². The lowest BCUT2D eigenvalue weighted by Crippen LogP contribution is -2.62. The molecular formula is C30H35N5O5. The van der Waals surface area contributed by atoms with E-state index in [1.54, 1.807) is 13.3 Å². The van der Waals surface area contributed by atoms with Crippen LogP contribution in [0, 0.1) is 0 Å². The molecule has 2 saturated heterocycles. The van der Waals surface area contributed by atoms with Crippen LogP contribution in [0.25, 0.3) is 22.3 Å². The maximum Gasteiger partial charge on any atom is 0.410 e. The van der Waals surface area contributed by atoms with Crippen LogP contribution in [0.3, 0.4) is 0 Å². The summed E-state index contributed by atoms with van der Waals surface area (Å²) in [5, 5.41) is 7.99. The molecule has 10 nitrogen and oxygen atoms in total. The number of hydrogen-bond acceptors (Lipinski definition) is 9. The molecule has 5 heterocycles. The third kappa shape index (κ3) is 5.03. The van der Waals surface area contributed by atoms with Gasteiger partial charge < -0.3 is 23.8 Å². The molecule has 2 aromatic heterocycles. The Kier molecular flexibility index (Phi) is 6.74. The number of methoxy groups -OCH3 is 1. The van der Waals surface area contributed by atoms with E-state index in [0.717, 1.165) is 46.5 Å². The number of nitrogens with zero attached hydrogens (tertiary/aromatic N) is 5. The maximum absolute atomic E-state index is 13.0. The number of hydrogen-bond donors (Lipinski definition) is 0. The molecule has 0 N–H and O–H groups in total. The van der Waals surface area contributed by atoms with Gasteiger partial charge in [-0.1, -0.05) is 12.1 Å². The van der Waals surface area contributed by atoms with Crippen molar-refractivity contribution in [2.45, 2.75) is 63.9 Å². The molecule has 3 aromatic rings. The number of morpholine rings is 1. The fraction of sp³-hybridized carbons (Fsp3) is 0.467. The Morgan fingerprint density at radius 1 is 1.05 bits per heavy atom. The minimum absolute atomic E-state index is 0.0275. The zero-order valence-corrected chi connectivity index (χ0v) is 23.6. The summed E-state index contributed by atoms with van der Waals surface area (Å²) < 4.78 is 22.9. The molecule has 210 valence electrons. The van der Waals surface area contributed by atoms with Crippen LogP contribution in [0.2, 0.25) is 0 Å². The van der Waals surface area contributed by atoms with E-state index in [4.69, 9.17) is 23.9 Å². The molecule has 1 aromatic carbocycles. The van der Waals surface area contributed by atoms with Crippen LogP contribution in [0.1, 0.15) is 39.2 Å². The summed E-state index contributed by atoms with van der Waals surface area (Å²) in [7, 11) is 3.65. The highest BCUT2D eigenvalue weighted by Gasteiger charge is 2.44. The van der Waals surface area contributed by atoms with Crippen molar-refractivity contribution in [1.29, 1.82) is 0 Å². The smallest absolute Gasteiger partial charge is 0.410 e. The highest BCUT2D eigenvalue weighted by molar-refractivity contribution is 5.78. The minimum atomic E-state index is -0.531. The van der Waals surface area contributed by atoms with Crippen LogP contribution in [-0.4, -0.2) is 77.3 Å². The quantitative estimate of drug-likeness (QED) is 0.462. The molecule has 1 amide bonds. The van der Waals surface area contributed by atoms with Crippen LogP contribution in [0.5, 0.6) is 11.8 Å². The van der Waals surface area contributed by atoms with Crippen molar-refractivity contribution in [3.8, 4) is 34.0 Å². The standard InChI is InChI=1S/C30H35N5O5/c1-30(2,3)40-29(36)35-22-12-21(13-23(35)17-38-16-22)34(4)26-9-8-25-24-7-6-18(10-20(24)15-39-28(25)32-26)19-11-27(37-5)33-31-14-19/h6-11,14,21-23H,12-13,15-17H2,1-5H3/t22-,23-/m0/s1. The minimum Gasteiger partial charge on any atom is -0.480 e. The number of fused-ring (bicyclic) bond motifs is 5. The van der Waals surface area contributed by atoms with E-state index in [1.165, 1.54) is 0 Å². The van der Waals surface area contributed by atoms with Gasteiger partial charge in [0.25, 0.3) is 0 Å². The first kappa shape index (κ1) is 26.3.